The number of nitrogens with zero attached hydrogens (tertiary/aromatic N) is 4. The Balaban J connectivity index is 1.42. The van der Waals surface area contributed by atoms with E-state index < -0.39 is 0 Å². The predicted molar refractivity (Wildman–Crippen MR) is 94.9 cm³/mol. The molecule has 0 aromatic carbocycles. The Kier molecular flexibility index (Phi) is 5.68. The highest BCUT2D eigenvalue weighted by Gasteiger charge is 2.21. The van der Waals surface area contributed by atoms with Crippen molar-refractivity contribution in [3.8, 4) is 0 Å². The molecule has 0 aliphatic carbocycles. The fourth-order valence-corrected chi connectivity index (χ4v) is 3.44. The van der Waals surface area contributed by atoms with E-state index in [-0.39, 0.29) is 11.8 Å². The van der Waals surface area contributed by atoms with Gasteiger partial charge in [-0.3, -0.25) is 19.8 Å². The maximum absolute atomic E-state index is 12.2. The quantitative estimate of drug-likeness (QED) is 0.813. The molecule has 2 aromatic heterocycles. The molecule has 0 spiro atoms. The van der Waals surface area contributed by atoms with Gasteiger partial charge in [0.1, 0.15) is 5.51 Å². The van der Waals surface area contributed by atoms with Gasteiger partial charge in [0, 0.05) is 37.1 Å². The van der Waals surface area contributed by atoms with Crippen molar-refractivity contribution in [1.29, 1.82) is 0 Å². The van der Waals surface area contributed by atoms with E-state index in [9.17, 15) is 9.59 Å². The van der Waals surface area contributed by atoms with Crippen LogP contribution in [0.3, 0.4) is 0 Å². The summed E-state index contributed by atoms with van der Waals surface area (Å²) in [6, 6.07) is 3.93. The van der Waals surface area contributed by atoms with E-state index in [0.29, 0.717) is 37.9 Å². The monoisotopic (exact) mass is 363 g/mol. The van der Waals surface area contributed by atoms with Crippen LogP contribution in [0.2, 0.25) is 0 Å². The molecule has 7 nitrogen and oxygen atoms in total. The van der Waals surface area contributed by atoms with E-state index in [2.05, 4.69) is 15.5 Å². The summed E-state index contributed by atoms with van der Waals surface area (Å²) in [5.41, 5.74) is 1.57. The first kappa shape index (κ1) is 16.7. The summed E-state index contributed by atoms with van der Waals surface area (Å²) in [5.74, 6) is -0.0921. The number of piperazine rings is 1. The van der Waals surface area contributed by atoms with Gasteiger partial charge in [-0.05, 0) is 17.5 Å². The SMILES string of the molecule is O=C(CN1CCN(C(=O)/C=C/c2cccs2)CC1)Nc1nncs1. The molecule has 3 rings (SSSR count). The second-order valence-corrected chi connectivity index (χ2v) is 7.05. The Morgan fingerprint density at radius 2 is 2.08 bits per heavy atom. The molecule has 0 saturated carbocycles. The van der Waals surface area contributed by atoms with Crippen molar-refractivity contribution in [2.75, 3.05) is 38.0 Å². The minimum atomic E-state index is -0.107. The lowest BCUT2D eigenvalue weighted by Gasteiger charge is -2.33. The fourth-order valence-electron chi connectivity index (χ4n) is 2.36. The molecular weight excluding hydrogens is 346 g/mol. The number of rotatable bonds is 5. The summed E-state index contributed by atoms with van der Waals surface area (Å²) >= 11 is 2.89. The zero-order valence-corrected chi connectivity index (χ0v) is 14.6. The van der Waals surface area contributed by atoms with E-state index in [1.54, 1.807) is 22.9 Å². The molecule has 126 valence electrons. The van der Waals surface area contributed by atoms with E-state index in [1.165, 1.54) is 11.3 Å². The Bertz CT molecular complexity index is 692. The van der Waals surface area contributed by atoms with Crippen LogP contribution in [0.1, 0.15) is 4.88 Å². The van der Waals surface area contributed by atoms with Crippen LogP contribution in [0, 0.1) is 0 Å². The van der Waals surface area contributed by atoms with Gasteiger partial charge in [-0.1, -0.05) is 17.4 Å². The lowest BCUT2D eigenvalue weighted by Crippen LogP contribution is -2.50. The molecule has 3 heterocycles. The molecule has 0 atom stereocenters. The second-order valence-electron chi connectivity index (χ2n) is 5.24. The molecule has 1 saturated heterocycles. The number of carbonyl (C=O) groups excluding carboxylic acids is 2. The highest BCUT2D eigenvalue weighted by molar-refractivity contribution is 7.13. The zero-order valence-electron chi connectivity index (χ0n) is 12.9. The molecule has 1 fully saturated rings. The summed E-state index contributed by atoms with van der Waals surface area (Å²) in [4.78, 5) is 29.0. The van der Waals surface area contributed by atoms with E-state index in [4.69, 9.17) is 0 Å². The van der Waals surface area contributed by atoms with Crippen LogP contribution in [0.5, 0.6) is 0 Å². The number of carbonyl (C=O) groups is 2. The number of aromatic nitrogens is 2. The predicted octanol–water partition coefficient (Wildman–Crippen LogP) is 1.40. The number of amides is 2. The van der Waals surface area contributed by atoms with Crippen molar-refractivity contribution in [3.63, 3.8) is 0 Å². The molecule has 2 aromatic rings. The molecule has 1 aliphatic heterocycles. The Hall–Kier alpha value is -2.10. The topological polar surface area (TPSA) is 78.4 Å². The third-order valence-corrected chi connectivity index (χ3v) is 5.04. The highest BCUT2D eigenvalue weighted by atomic mass is 32.1. The van der Waals surface area contributed by atoms with E-state index in [0.717, 1.165) is 4.88 Å². The first-order valence-electron chi connectivity index (χ1n) is 7.49. The molecule has 1 aliphatic rings. The Morgan fingerprint density at radius 1 is 1.25 bits per heavy atom. The number of anilines is 1. The van der Waals surface area contributed by atoms with Crippen LogP contribution in [-0.2, 0) is 9.59 Å². The third-order valence-electron chi connectivity index (χ3n) is 3.59. The molecule has 24 heavy (non-hydrogen) atoms. The number of hydrogen-bond acceptors (Lipinski definition) is 7. The van der Waals surface area contributed by atoms with Gasteiger partial charge in [-0.25, -0.2) is 0 Å². The van der Waals surface area contributed by atoms with Gasteiger partial charge in [0.15, 0.2) is 0 Å². The van der Waals surface area contributed by atoms with Crippen LogP contribution in [0.25, 0.3) is 6.08 Å². The van der Waals surface area contributed by atoms with Gasteiger partial charge in [0.05, 0.1) is 6.54 Å². The highest BCUT2D eigenvalue weighted by Crippen LogP contribution is 2.11. The summed E-state index contributed by atoms with van der Waals surface area (Å²) < 4.78 is 0. The minimum Gasteiger partial charge on any atom is -0.337 e. The second kappa shape index (κ2) is 8.13. The van der Waals surface area contributed by atoms with Crippen LogP contribution >= 0.6 is 22.7 Å². The largest absolute Gasteiger partial charge is 0.337 e. The maximum atomic E-state index is 12.2. The van der Waals surface area contributed by atoms with E-state index >= 15 is 0 Å². The lowest BCUT2D eigenvalue weighted by atomic mass is 10.3. The third kappa shape index (κ3) is 4.70. The van der Waals surface area contributed by atoms with Crippen LogP contribution in [-0.4, -0.2) is 64.5 Å². The van der Waals surface area contributed by atoms with Gasteiger partial charge < -0.3 is 4.90 Å². The normalized spacial score (nSPS) is 15.8. The molecule has 0 bridgehead atoms. The summed E-state index contributed by atoms with van der Waals surface area (Å²) in [6.07, 6.45) is 3.46. The molecular formula is C15H17N5O2S2. The van der Waals surface area contributed by atoms with Crippen molar-refractivity contribution in [2.24, 2.45) is 0 Å². The summed E-state index contributed by atoms with van der Waals surface area (Å²) in [7, 11) is 0. The van der Waals surface area contributed by atoms with Crippen molar-refractivity contribution in [3.05, 3.63) is 34.0 Å². The average molecular weight is 363 g/mol. The maximum Gasteiger partial charge on any atom is 0.246 e. The first-order chi connectivity index (χ1) is 11.7. The van der Waals surface area contributed by atoms with Gasteiger partial charge in [0.25, 0.3) is 0 Å². The van der Waals surface area contributed by atoms with Crippen molar-refractivity contribution in [2.45, 2.75) is 0 Å². The van der Waals surface area contributed by atoms with Gasteiger partial charge in [-0.15, -0.1) is 21.5 Å². The van der Waals surface area contributed by atoms with Gasteiger partial charge in [-0.2, -0.15) is 0 Å². The van der Waals surface area contributed by atoms with Crippen LogP contribution < -0.4 is 5.32 Å². The Morgan fingerprint density at radius 3 is 2.75 bits per heavy atom. The molecule has 1 N–H and O–H groups in total. The van der Waals surface area contributed by atoms with Crippen molar-refractivity contribution >= 4 is 45.7 Å². The van der Waals surface area contributed by atoms with Crippen LogP contribution in [0.15, 0.2) is 29.1 Å². The van der Waals surface area contributed by atoms with Gasteiger partial charge >= 0.3 is 0 Å². The van der Waals surface area contributed by atoms with Gasteiger partial charge in [0.2, 0.25) is 16.9 Å². The minimum absolute atomic E-state index is 0.0151. The Labute approximate surface area is 147 Å². The number of thiophene rings is 1. The molecule has 0 radical (unpaired) electrons. The standard InChI is InChI=1S/C15H17N5O2S2/c21-13(17-15-18-16-11-24-15)10-19-5-7-20(8-6-19)14(22)4-3-12-2-1-9-23-12/h1-4,9,11H,5-8,10H2,(H,17,18,21)/b4-3+. The molecule has 0 unspecified atom stereocenters. The number of hydrogen-bond donors (Lipinski definition) is 1. The van der Waals surface area contributed by atoms with Crippen molar-refractivity contribution in [1.82, 2.24) is 20.0 Å². The zero-order chi connectivity index (χ0) is 16.8. The smallest absolute Gasteiger partial charge is 0.246 e. The van der Waals surface area contributed by atoms with Crippen molar-refractivity contribution < 1.29 is 9.59 Å². The molecule has 9 heteroatoms. The first-order valence-corrected chi connectivity index (χ1v) is 9.25. The number of nitrogens with one attached hydrogen (secondary N) is 1. The summed E-state index contributed by atoms with van der Waals surface area (Å²) in [5, 5.41) is 12.7. The summed E-state index contributed by atoms with van der Waals surface area (Å²) in [6.45, 7) is 2.91. The fraction of sp³-hybridized carbons (Fsp3) is 0.333. The average Bonchev–Trinajstić information content (AvgIpc) is 3.27. The molecule has 2 amide bonds. The lowest BCUT2D eigenvalue weighted by molar-refractivity contribution is -0.127. The van der Waals surface area contributed by atoms with E-state index in [1.807, 2.05) is 33.4 Å². The van der Waals surface area contributed by atoms with Crippen LogP contribution in [0.4, 0.5) is 5.13 Å².